The van der Waals surface area contributed by atoms with Gasteiger partial charge in [-0.1, -0.05) is 24.3 Å². The first-order valence-corrected chi connectivity index (χ1v) is 9.37. The van der Waals surface area contributed by atoms with Crippen LogP contribution < -0.4 is 0 Å². The monoisotopic (exact) mass is 323 g/mol. The molecule has 1 aromatic rings. The van der Waals surface area contributed by atoms with E-state index in [2.05, 4.69) is 12.1 Å². The second-order valence-corrected chi connectivity index (χ2v) is 8.31. The fourth-order valence-corrected chi connectivity index (χ4v) is 5.18. The molecule has 0 bridgehead atoms. The van der Waals surface area contributed by atoms with Gasteiger partial charge in [0.1, 0.15) is 0 Å². The van der Waals surface area contributed by atoms with E-state index < -0.39 is 21.9 Å². The minimum absolute atomic E-state index is 0.109. The minimum Gasteiger partial charge on any atom is -0.481 e. The second kappa shape index (κ2) is 6.01. The van der Waals surface area contributed by atoms with Gasteiger partial charge in [-0.05, 0) is 42.7 Å². The summed E-state index contributed by atoms with van der Waals surface area (Å²) in [7, 11) is -3.35. The van der Waals surface area contributed by atoms with Crippen LogP contribution in [0.3, 0.4) is 0 Å². The van der Waals surface area contributed by atoms with E-state index in [4.69, 9.17) is 5.11 Å². The SMILES string of the molecule is O=C(O)[C@H]1CCN(S(=O)(=O)CCC2CCc3ccccc32)C1. The van der Waals surface area contributed by atoms with Crippen LogP contribution in [0.4, 0.5) is 0 Å². The van der Waals surface area contributed by atoms with Crippen LogP contribution in [-0.2, 0) is 21.2 Å². The van der Waals surface area contributed by atoms with Crippen molar-refractivity contribution < 1.29 is 18.3 Å². The average molecular weight is 323 g/mol. The molecule has 1 unspecified atom stereocenters. The van der Waals surface area contributed by atoms with Gasteiger partial charge in [0, 0.05) is 13.1 Å². The predicted octanol–water partition coefficient (Wildman–Crippen LogP) is 1.84. The van der Waals surface area contributed by atoms with E-state index in [1.807, 2.05) is 12.1 Å². The maximum Gasteiger partial charge on any atom is 0.307 e. The third-order valence-electron chi connectivity index (χ3n) is 4.87. The molecular formula is C16H21NO4S. The maximum absolute atomic E-state index is 12.4. The largest absolute Gasteiger partial charge is 0.481 e. The van der Waals surface area contributed by atoms with E-state index in [1.54, 1.807) is 0 Å². The lowest BCUT2D eigenvalue weighted by Gasteiger charge is -2.18. The molecule has 1 heterocycles. The standard InChI is InChI=1S/C16H21NO4S/c18-16(19)14-7-9-17(11-14)22(20,21)10-8-13-6-5-12-3-1-2-4-15(12)13/h1-4,13-14H,5-11H2,(H,18,19)/t13?,14-/m0/s1. The van der Waals surface area contributed by atoms with Crippen molar-refractivity contribution in [1.29, 1.82) is 0 Å². The lowest BCUT2D eigenvalue weighted by molar-refractivity contribution is -0.141. The van der Waals surface area contributed by atoms with E-state index in [0.29, 0.717) is 25.3 Å². The number of carbonyl (C=O) groups is 1. The molecule has 1 saturated heterocycles. The Morgan fingerprint density at radius 1 is 1.27 bits per heavy atom. The molecule has 1 fully saturated rings. The summed E-state index contributed by atoms with van der Waals surface area (Å²) in [6.45, 7) is 0.458. The van der Waals surface area contributed by atoms with E-state index in [-0.39, 0.29) is 12.3 Å². The summed E-state index contributed by atoms with van der Waals surface area (Å²) in [4.78, 5) is 11.0. The zero-order valence-electron chi connectivity index (χ0n) is 12.4. The highest BCUT2D eigenvalue weighted by molar-refractivity contribution is 7.89. The van der Waals surface area contributed by atoms with E-state index in [1.165, 1.54) is 15.4 Å². The topological polar surface area (TPSA) is 74.7 Å². The Labute approximate surface area is 131 Å². The first-order chi connectivity index (χ1) is 10.5. The third kappa shape index (κ3) is 3.03. The predicted molar refractivity (Wildman–Crippen MR) is 83.2 cm³/mol. The molecule has 0 radical (unpaired) electrons. The van der Waals surface area contributed by atoms with Crippen LogP contribution >= 0.6 is 0 Å². The van der Waals surface area contributed by atoms with Gasteiger partial charge in [-0.3, -0.25) is 4.79 Å². The quantitative estimate of drug-likeness (QED) is 0.897. The Balaban J connectivity index is 1.61. The first kappa shape index (κ1) is 15.5. The number of aliphatic carboxylic acids is 1. The van der Waals surface area contributed by atoms with Crippen molar-refractivity contribution in [3.63, 3.8) is 0 Å². The highest BCUT2D eigenvalue weighted by atomic mass is 32.2. The number of fused-ring (bicyclic) bond motifs is 1. The summed E-state index contributed by atoms with van der Waals surface area (Å²) in [5, 5.41) is 8.99. The summed E-state index contributed by atoms with van der Waals surface area (Å²) < 4.78 is 26.2. The molecule has 2 aliphatic rings. The molecule has 0 aromatic heterocycles. The van der Waals surface area contributed by atoms with Gasteiger partial charge in [0.15, 0.2) is 0 Å². The fraction of sp³-hybridized carbons (Fsp3) is 0.562. The number of carboxylic acids is 1. The van der Waals surface area contributed by atoms with Gasteiger partial charge in [-0.2, -0.15) is 0 Å². The van der Waals surface area contributed by atoms with Crippen molar-refractivity contribution in [3.05, 3.63) is 35.4 Å². The number of nitrogens with zero attached hydrogens (tertiary/aromatic N) is 1. The molecule has 22 heavy (non-hydrogen) atoms. The summed E-state index contributed by atoms with van der Waals surface area (Å²) in [6, 6.07) is 8.23. The molecule has 2 atom stereocenters. The Morgan fingerprint density at radius 3 is 2.77 bits per heavy atom. The Morgan fingerprint density at radius 2 is 2.05 bits per heavy atom. The molecule has 6 heteroatoms. The van der Waals surface area contributed by atoms with Crippen molar-refractivity contribution in [2.75, 3.05) is 18.8 Å². The highest BCUT2D eigenvalue weighted by Crippen LogP contribution is 2.35. The zero-order valence-corrected chi connectivity index (χ0v) is 13.3. The molecule has 1 aliphatic heterocycles. The summed E-state index contributed by atoms with van der Waals surface area (Å²) in [5.41, 5.74) is 2.61. The van der Waals surface area contributed by atoms with Gasteiger partial charge in [-0.25, -0.2) is 12.7 Å². The fourth-order valence-electron chi connectivity index (χ4n) is 3.55. The second-order valence-electron chi connectivity index (χ2n) is 6.22. The van der Waals surface area contributed by atoms with E-state index >= 15 is 0 Å². The van der Waals surface area contributed by atoms with Crippen LogP contribution in [0.25, 0.3) is 0 Å². The lowest BCUT2D eigenvalue weighted by Crippen LogP contribution is -2.32. The molecular weight excluding hydrogens is 302 g/mol. The number of sulfonamides is 1. The number of rotatable bonds is 5. The molecule has 1 N–H and O–H groups in total. The molecule has 0 saturated carbocycles. The van der Waals surface area contributed by atoms with Crippen molar-refractivity contribution in [3.8, 4) is 0 Å². The molecule has 0 spiro atoms. The average Bonchev–Trinajstić information content (AvgIpc) is 3.13. The number of aryl methyl sites for hydroxylation is 1. The van der Waals surface area contributed by atoms with E-state index in [0.717, 1.165) is 12.8 Å². The van der Waals surface area contributed by atoms with Crippen LogP contribution in [-0.4, -0.2) is 42.6 Å². The van der Waals surface area contributed by atoms with Crippen molar-refractivity contribution >= 4 is 16.0 Å². The summed E-state index contributed by atoms with van der Waals surface area (Å²) >= 11 is 0. The van der Waals surface area contributed by atoms with Gasteiger partial charge in [-0.15, -0.1) is 0 Å². The molecule has 0 amide bonds. The van der Waals surface area contributed by atoms with Crippen LogP contribution in [0.5, 0.6) is 0 Å². The van der Waals surface area contributed by atoms with Crippen LogP contribution in [0.2, 0.25) is 0 Å². The Hall–Kier alpha value is -1.40. The molecule has 1 aliphatic carbocycles. The number of hydrogen-bond acceptors (Lipinski definition) is 3. The van der Waals surface area contributed by atoms with Crippen LogP contribution in [0.1, 0.15) is 36.3 Å². The van der Waals surface area contributed by atoms with Gasteiger partial charge < -0.3 is 5.11 Å². The normalized spacial score (nSPS) is 25.3. The minimum atomic E-state index is -3.35. The van der Waals surface area contributed by atoms with Gasteiger partial charge >= 0.3 is 5.97 Å². The third-order valence-corrected chi connectivity index (χ3v) is 6.74. The zero-order chi connectivity index (χ0) is 15.7. The van der Waals surface area contributed by atoms with Crippen molar-refractivity contribution in [2.45, 2.75) is 31.6 Å². The van der Waals surface area contributed by atoms with Gasteiger partial charge in [0.25, 0.3) is 0 Å². The first-order valence-electron chi connectivity index (χ1n) is 7.76. The number of carboxylic acid groups (broad SMARTS) is 1. The number of hydrogen-bond donors (Lipinski definition) is 1. The smallest absolute Gasteiger partial charge is 0.307 e. The molecule has 1 aromatic carbocycles. The lowest BCUT2D eigenvalue weighted by atomic mass is 9.99. The van der Waals surface area contributed by atoms with Crippen molar-refractivity contribution in [2.24, 2.45) is 5.92 Å². The van der Waals surface area contributed by atoms with Crippen LogP contribution in [0, 0.1) is 5.92 Å². The van der Waals surface area contributed by atoms with Gasteiger partial charge in [0.2, 0.25) is 10.0 Å². The molecule has 120 valence electrons. The highest BCUT2D eigenvalue weighted by Gasteiger charge is 2.35. The Kier molecular flexibility index (Phi) is 4.23. The number of benzene rings is 1. The van der Waals surface area contributed by atoms with E-state index in [9.17, 15) is 13.2 Å². The van der Waals surface area contributed by atoms with Gasteiger partial charge in [0.05, 0.1) is 11.7 Å². The van der Waals surface area contributed by atoms with Crippen LogP contribution in [0.15, 0.2) is 24.3 Å². The Bertz CT molecular complexity index is 670. The van der Waals surface area contributed by atoms with Crippen molar-refractivity contribution in [1.82, 2.24) is 4.31 Å². The molecule has 3 rings (SSSR count). The molecule has 5 nitrogen and oxygen atoms in total. The maximum atomic E-state index is 12.4. The summed E-state index contributed by atoms with van der Waals surface area (Å²) in [6.07, 6.45) is 3.06. The summed E-state index contributed by atoms with van der Waals surface area (Å²) in [5.74, 6) is -1.04.